The van der Waals surface area contributed by atoms with Crippen molar-refractivity contribution in [3.63, 3.8) is 0 Å². The number of nitrogens with one attached hydrogen (secondary N) is 1. The zero-order valence-electron chi connectivity index (χ0n) is 13.3. The summed E-state index contributed by atoms with van der Waals surface area (Å²) in [5.41, 5.74) is 4.05. The Labute approximate surface area is 138 Å². The highest BCUT2D eigenvalue weighted by Gasteiger charge is 2.25. The van der Waals surface area contributed by atoms with Gasteiger partial charge in [-0.25, -0.2) is 13.5 Å². The summed E-state index contributed by atoms with van der Waals surface area (Å²) in [4.78, 5) is 0. The Balaban J connectivity index is 1.85. The van der Waals surface area contributed by atoms with E-state index < -0.39 is 11.6 Å². The van der Waals surface area contributed by atoms with Gasteiger partial charge in [0.2, 0.25) is 0 Å². The minimum absolute atomic E-state index is 0.334. The van der Waals surface area contributed by atoms with Crippen LogP contribution in [0.4, 0.5) is 14.6 Å². The molecule has 3 nitrogen and oxygen atoms in total. The lowest BCUT2D eigenvalue weighted by molar-refractivity contribution is 0.585. The molecule has 24 heavy (non-hydrogen) atoms. The Hall–Kier alpha value is -2.69. The first-order valence-electron chi connectivity index (χ1n) is 8.08. The van der Waals surface area contributed by atoms with E-state index in [-0.39, 0.29) is 0 Å². The van der Waals surface area contributed by atoms with E-state index in [2.05, 4.69) is 29.5 Å². The molecule has 1 N–H and O–H groups in total. The van der Waals surface area contributed by atoms with Gasteiger partial charge in [0.1, 0.15) is 23.1 Å². The smallest absolute Gasteiger partial charge is 0.135 e. The zero-order valence-corrected chi connectivity index (χ0v) is 13.3. The first-order valence-corrected chi connectivity index (χ1v) is 8.08. The number of hydrogen-bond acceptors (Lipinski definition) is 2. The van der Waals surface area contributed by atoms with E-state index in [0.29, 0.717) is 11.3 Å². The number of halogens is 2. The van der Waals surface area contributed by atoms with Crippen molar-refractivity contribution in [3.05, 3.63) is 65.2 Å². The third-order valence-electron chi connectivity index (χ3n) is 4.43. The predicted octanol–water partition coefficient (Wildman–Crippen LogP) is 4.35. The second-order valence-corrected chi connectivity index (χ2v) is 5.91. The van der Waals surface area contributed by atoms with Crippen molar-refractivity contribution >= 4 is 5.82 Å². The monoisotopic (exact) mass is 325 g/mol. The maximum Gasteiger partial charge on any atom is 0.135 e. The lowest BCUT2D eigenvalue weighted by atomic mass is 10.1. The van der Waals surface area contributed by atoms with Crippen molar-refractivity contribution in [2.45, 2.75) is 19.8 Å². The third-order valence-corrected chi connectivity index (χ3v) is 4.43. The first-order chi connectivity index (χ1) is 11.7. The van der Waals surface area contributed by atoms with E-state index in [1.807, 2.05) is 12.1 Å². The molecule has 122 valence electrons. The summed E-state index contributed by atoms with van der Waals surface area (Å²) < 4.78 is 29.2. The second kappa shape index (κ2) is 5.74. The molecule has 2 heterocycles. The molecule has 1 aliphatic heterocycles. The van der Waals surface area contributed by atoms with Crippen LogP contribution in [0.25, 0.3) is 16.9 Å². The van der Waals surface area contributed by atoms with Crippen LogP contribution in [0.3, 0.4) is 0 Å². The number of aryl methyl sites for hydroxylation is 1. The van der Waals surface area contributed by atoms with Gasteiger partial charge in [0, 0.05) is 23.7 Å². The average Bonchev–Trinajstić information content (AvgIpc) is 3.18. The van der Waals surface area contributed by atoms with Crippen LogP contribution in [0.5, 0.6) is 0 Å². The minimum Gasteiger partial charge on any atom is -0.369 e. The highest BCUT2D eigenvalue weighted by molar-refractivity contribution is 5.73. The Morgan fingerprint density at radius 3 is 2.62 bits per heavy atom. The number of benzene rings is 2. The molecule has 4 rings (SSSR count). The number of hydrogen-bond donors (Lipinski definition) is 1. The van der Waals surface area contributed by atoms with Gasteiger partial charge in [-0.2, -0.15) is 5.10 Å². The molecule has 1 aliphatic rings. The molecule has 0 radical (unpaired) electrons. The van der Waals surface area contributed by atoms with Crippen LogP contribution in [0.15, 0.2) is 42.5 Å². The molecule has 5 heteroatoms. The molecule has 0 amide bonds. The largest absolute Gasteiger partial charge is 0.369 e. The highest BCUT2D eigenvalue weighted by Crippen LogP contribution is 2.35. The standard InChI is InChI=1S/C19H17F2N3/c1-2-12-3-6-14(7-4-12)24-19-16(9-10-22-19)18(23-24)15-8-5-13(20)11-17(15)21/h3-8,11,22H,2,9-10H2,1H3. The van der Waals surface area contributed by atoms with Gasteiger partial charge >= 0.3 is 0 Å². The first kappa shape index (κ1) is 14.9. The zero-order chi connectivity index (χ0) is 16.7. The molecular weight excluding hydrogens is 308 g/mol. The maximum atomic E-state index is 14.2. The van der Waals surface area contributed by atoms with Gasteiger partial charge in [0.25, 0.3) is 0 Å². The summed E-state index contributed by atoms with van der Waals surface area (Å²) in [7, 11) is 0. The molecule has 2 aromatic carbocycles. The molecule has 0 saturated carbocycles. The number of rotatable bonds is 3. The molecule has 0 atom stereocenters. The predicted molar refractivity (Wildman–Crippen MR) is 90.5 cm³/mol. The van der Waals surface area contributed by atoms with E-state index in [9.17, 15) is 8.78 Å². The van der Waals surface area contributed by atoms with Crippen molar-refractivity contribution in [3.8, 4) is 16.9 Å². The van der Waals surface area contributed by atoms with Gasteiger partial charge in [0.05, 0.1) is 5.69 Å². The fourth-order valence-corrected chi connectivity index (χ4v) is 3.13. The van der Waals surface area contributed by atoms with Crippen LogP contribution < -0.4 is 5.32 Å². The van der Waals surface area contributed by atoms with E-state index in [1.165, 1.54) is 17.7 Å². The lowest BCUT2D eigenvalue weighted by Gasteiger charge is -2.07. The summed E-state index contributed by atoms with van der Waals surface area (Å²) in [5, 5.41) is 7.93. The van der Waals surface area contributed by atoms with Crippen molar-refractivity contribution < 1.29 is 8.78 Å². The van der Waals surface area contributed by atoms with Gasteiger partial charge in [-0.1, -0.05) is 19.1 Å². The Morgan fingerprint density at radius 1 is 1.12 bits per heavy atom. The minimum atomic E-state index is -0.587. The maximum absolute atomic E-state index is 14.2. The SMILES string of the molecule is CCc1ccc(-n2nc(-c3ccc(F)cc3F)c3c2NCC3)cc1. The number of anilines is 1. The van der Waals surface area contributed by atoms with Crippen molar-refractivity contribution in [1.82, 2.24) is 9.78 Å². The summed E-state index contributed by atoms with van der Waals surface area (Å²) >= 11 is 0. The number of fused-ring (bicyclic) bond motifs is 1. The number of nitrogens with zero attached hydrogens (tertiary/aromatic N) is 2. The van der Waals surface area contributed by atoms with E-state index in [4.69, 9.17) is 0 Å². The fraction of sp³-hybridized carbons (Fsp3) is 0.211. The van der Waals surface area contributed by atoms with Crippen LogP contribution in [-0.2, 0) is 12.8 Å². The molecule has 1 aromatic heterocycles. The van der Waals surface area contributed by atoms with Gasteiger partial charge in [-0.3, -0.25) is 0 Å². The Bertz CT molecular complexity index is 898. The molecule has 0 unspecified atom stereocenters. The van der Waals surface area contributed by atoms with Crippen LogP contribution >= 0.6 is 0 Å². The quantitative estimate of drug-likeness (QED) is 0.776. The molecule has 3 aromatic rings. The van der Waals surface area contributed by atoms with Crippen molar-refractivity contribution in [2.75, 3.05) is 11.9 Å². The summed E-state index contributed by atoms with van der Waals surface area (Å²) in [6.07, 6.45) is 1.75. The van der Waals surface area contributed by atoms with Crippen LogP contribution in [-0.4, -0.2) is 16.3 Å². The van der Waals surface area contributed by atoms with Crippen LogP contribution in [0, 0.1) is 11.6 Å². The van der Waals surface area contributed by atoms with Gasteiger partial charge in [-0.15, -0.1) is 0 Å². The van der Waals surface area contributed by atoms with Gasteiger partial charge in [0.15, 0.2) is 0 Å². The fourth-order valence-electron chi connectivity index (χ4n) is 3.13. The van der Waals surface area contributed by atoms with Crippen molar-refractivity contribution in [1.29, 1.82) is 0 Å². The van der Waals surface area contributed by atoms with Crippen molar-refractivity contribution in [2.24, 2.45) is 0 Å². The molecule has 0 saturated heterocycles. The Kier molecular flexibility index (Phi) is 3.56. The normalized spacial score (nSPS) is 13.0. The highest BCUT2D eigenvalue weighted by atomic mass is 19.1. The van der Waals surface area contributed by atoms with E-state index in [1.54, 1.807) is 4.68 Å². The summed E-state index contributed by atoms with van der Waals surface area (Å²) in [6, 6.07) is 11.8. The average molecular weight is 325 g/mol. The molecule has 0 aliphatic carbocycles. The van der Waals surface area contributed by atoms with E-state index in [0.717, 1.165) is 42.5 Å². The summed E-state index contributed by atoms with van der Waals surface area (Å²) in [6.45, 7) is 2.90. The van der Waals surface area contributed by atoms with Crippen LogP contribution in [0.1, 0.15) is 18.1 Å². The molecule has 0 bridgehead atoms. The molecule has 0 spiro atoms. The molecular formula is C19H17F2N3. The third kappa shape index (κ3) is 2.37. The topological polar surface area (TPSA) is 29.9 Å². The number of aromatic nitrogens is 2. The van der Waals surface area contributed by atoms with E-state index >= 15 is 0 Å². The molecule has 0 fully saturated rings. The van der Waals surface area contributed by atoms with Crippen LogP contribution in [0.2, 0.25) is 0 Å². The lowest BCUT2D eigenvalue weighted by Crippen LogP contribution is -2.04. The van der Waals surface area contributed by atoms with Gasteiger partial charge in [-0.05, 0) is 42.7 Å². The second-order valence-electron chi connectivity index (χ2n) is 5.91. The van der Waals surface area contributed by atoms with Gasteiger partial charge < -0.3 is 5.32 Å². The Morgan fingerprint density at radius 2 is 1.92 bits per heavy atom. The summed E-state index contributed by atoms with van der Waals surface area (Å²) in [5.74, 6) is -0.283.